The van der Waals surface area contributed by atoms with Crippen molar-refractivity contribution in [3.05, 3.63) is 53.9 Å². The van der Waals surface area contributed by atoms with Crippen LogP contribution in [0.4, 0.5) is 0 Å². The second-order valence-electron chi connectivity index (χ2n) is 7.65. The van der Waals surface area contributed by atoms with Crippen molar-refractivity contribution in [2.75, 3.05) is 40.0 Å². The molecule has 2 heterocycles. The molecule has 0 aliphatic carbocycles. The minimum atomic E-state index is 0.0931. The lowest BCUT2D eigenvalue weighted by Gasteiger charge is -2.41. The van der Waals surface area contributed by atoms with Crippen LogP contribution in [-0.2, 0) is 17.9 Å². The van der Waals surface area contributed by atoms with Crippen LogP contribution in [0, 0.1) is 0 Å². The van der Waals surface area contributed by atoms with E-state index in [2.05, 4.69) is 35.1 Å². The molecule has 1 aliphatic rings. The van der Waals surface area contributed by atoms with Crippen molar-refractivity contribution in [3.8, 4) is 11.5 Å². The van der Waals surface area contributed by atoms with Crippen molar-refractivity contribution < 1.29 is 14.2 Å². The maximum atomic E-state index is 5.98. The zero-order valence-corrected chi connectivity index (χ0v) is 17.1. The highest BCUT2D eigenvalue weighted by Gasteiger charge is 2.27. The van der Waals surface area contributed by atoms with Gasteiger partial charge >= 0.3 is 0 Å². The first-order chi connectivity index (χ1) is 13.6. The fourth-order valence-electron chi connectivity index (χ4n) is 3.38. The average Bonchev–Trinajstić information content (AvgIpc) is 2.73. The van der Waals surface area contributed by atoms with Crippen LogP contribution in [0.3, 0.4) is 0 Å². The van der Waals surface area contributed by atoms with Gasteiger partial charge in [-0.1, -0.05) is 12.1 Å². The molecule has 1 aromatic carbocycles. The molecule has 1 aromatic heterocycles. The first-order valence-electron chi connectivity index (χ1n) is 9.80. The fourth-order valence-corrected chi connectivity index (χ4v) is 3.38. The monoisotopic (exact) mass is 385 g/mol. The van der Waals surface area contributed by atoms with E-state index in [4.69, 9.17) is 14.2 Å². The van der Waals surface area contributed by atoms with Crippen molar-refractivity contribution in [2.45, 2.75) is 32.5 Å². The Kier molecular flexibility index (Phi) is 7.25. The third kappa shape index (κ3) is 5.67. The van der Waals surface area contributed by atoms with Crippen molar-refractivity contribution >= 4 is 0 Å². The van der Waals surface area contributed by atoms with Crippen LogP contribution in [0.1, 0.15) is 25.0 Å². The Morgan fingerprint density at radius 3 is 2.68 bits per heavy atom. The largest absolute Gasteiger partial charge is 0.493 e. The summed E-state index contributed by atoms with van der Waals surface area (Å²) in [5.41, 5.74) is 2.29. The van der Waals surface area contributed by atoms with Crippen LogP contribution in [0.25, 0.3) is 0 Å². The number of aromatic nitrogens is 1. The Bertz CT molecular complexity index is 731. The number of pyridine rings is 1. The molecule has 1 saturated heterocycles. The van der Waals surface area contributed by atoms with Gasteiger partial charge in [-0.3, -0.25) is 9.88 Å². The van der Waals surface area contributed by atoms with E-state index in [-0.39, 0.29) is 5.54 Å². The van der Waals surface area contributed by atoms with Gasteiger partial charge in [0.05, 0.1) is 20.3 Å². The second-order valence-corrected chi connectivity index (χ2v) is 7.65. The molecule has 1 N–H and O–H groups in total. The molecule has 3 rings (SSSR count). The van der Waals surface area contributed by atoms with Gasteiger partial charge < -0.3 is 19.5 Å². The molecule has 1 aliphatic heterocycles. The van der Waals surface area contributed by atoms with Crippen LogP contribution in [0.15, 0.2) is 42.7 Å². The summed E-state index contributed by atoms with van der Waals surface area (Å²) in [5.74, 6) is 1.49. The van der Waals surface area contributed by atoms with E-state index in [0.717, 1.165) is 56.5 Å². The van der Waals surface area contributed by atoms with Crippen LogP contribution in [-0.4, -0.2) is 55.4 Å². The van der Waals surface area contributed by atoms with Crippen molar-refractivity contribution in [3.63, 3.8) is 0 Å². The van der Waals surface area contributed by atoms with Gasteiger partial charge in [-0.05, 0) is 37.6 Å². The smallest absolute Gasteiger partial charge is 0.161 e. The number of nitrogens with zero attached hydrogens (tertiary/aromatic N) is 2. The molecule has 1 fully saturated rings. The van der Waals surface area contributed by atoms with Gasteiger partial charge in [0.1, 0.15) is 6.61 Å². The summed E-state index contributed by atoms with van der Waals surface area (Å²) in [6.45, 7) is 10.3. The molecular formula is C22H31N3O3. The minimum absolute atomic E-state index is 0.0931. The van der Waals surface area contributed by atoms with Gasteiger partial charge in [0, 0.05) is 49.7 Å². The lowest BCUT2D eigenvalue weighted by molar-refractivity contribution is -0.00967. The summed E-state index contributed by atoms with van der Waals surface area (Å²) in [4.78, 5) is 6.61. The highest BCUT2D eigenvalue weighted by molar-refractivity contribution is 5.43. The molecule has 28 heavy (non-hydrogen) atoms. The third-order valence-electron chi connectivity index (χ3n) is 5.10. The van der Waals surface area contributed by atoms with E-state index in [0.29, 0.717) is 6.61 Å². The average molecular weight is 386 g/mol. The molecule has 0 radical (unpaired) electrons. The van der Waals surface area contributed by atoms with Crippen LogP contribution in [0.5, 0.6) is 11.5 Å². The van der Waals surface area contributed by atoms with Crippen LogP contribution < -0.4 is 14.8 Å². The van der Waals surface area contributed by atoms with E-state index < -0.39 is 0 Å². The molecule has 152 valence electrons. The molecule has 0 amide bonds. The predicted molar refractivity (Wildman–Crippen MR) is 110 cm³/mol. The summed E-state index contributed by atoms with van der Waals surface area (Å²) in [6.07, 6.45) is 3.57. The number of rotatable bonds is 9. The normalized spacial score (nSPS) is 15.4. The quantitative estimate of drug-likeness (QED) is 0.716. The first kappa shape index (κ1) is 20.6. The van der Waals surface area contributed by atoms with E-state index in [1.54, 1.807) is 13.3 Å². The van der Waals surface area contributed by atoms with Gasteiger partial charge in [-0.25, -0.2) is 0 Å². The van der Waals surface area contributed by atoms with Gasteiger partial charge in [-0.15, -0.1) is 0 Å². The van der Waals surface area contributed by atoms with Gasteiger partial charge in [0.2, 0.25) is 0 Å². The second kappa shape index (κ2) is 9.87. The maximum absolute atomic E-state index is 5.98. The minimum Gasteiger partial charge on any atom is -0.493 e. The molecule has 2 aromatic rings. The van der Waals surface area contributed by atoms with Crippen molar-refractivity contribution in [1.82, 2.24) is 15.2 Å². The predicted octanol–water partition coefficient (Wildman–Crippen LogP) is 2.87. The number of methoxy groups -OCH3 is 1. The molecule has 0 atom stereocenters. The maximum Gasteiger partial charge on any atom is 0.161 e. The standard InChI is InChI=1S/C22H31N3O3/c1-22(2,25-9-11-27-12-10-25)17-24-14-18-6-7-20(26-3)21(13-18)28-16-19-5-4-8-23-15-19/h4-8,13,15,24H,9-12,14,16-17H2,1-3H3. The molecule has 0 spiro atoms. The van der Waals surface area contributed by atoms with Crippen molar-refractivity contribution in [1.29, 1.82) is 0 Å². The summed E-state index contributed by atoms with van der Waals surface area (Å²) in [7, 11) is 1.66. The highest BCUT2D eigenvalue weighted by Crippen LogP contribution is 2.29. The molecule has 0 bridgehead atoms. The zero-order valence-electron chi connectivity index (χ0n) is 17.1. The lowest BCUT2D eigenvalue weighted by Crippen LogP contribution is -2.54. The Labute approximate surface area is 167 Å². The molecule has 6 heteroatoms. The van der Waals surface area contributed by atoms with E-state index in [1.165, 1.54) is 5.56 Å². The van der Waals surface area contributed by atoms with Gasteiger partial charge in [0.15, 0.2) is 11.5 Å². The summed E-state index contributed by atoms with van der Waals surface area (Å²) < 4.78 is 16.9. The number of hydrogen-bond donors (Lipinski definition) is 1. The number of morpholine rings is 1. The molecule has 6 nitrogen and oxygen atoms in total. The summed E-state index contributed by atoms with van der Waals surface area (Å²) in [5, 5.41) is 3.59. The van der Waals surface area contributed by atoms with Gasteiger partial charge in [0.25, 0.3) is 0 Å². The third-order valence-corrected chi connectivity index (χ3v) is 5.10. The molecule has 0 saturated carbocycles. The van der Waals surface area contributed by atoms with Crippen LogP contribution >= 0.6 is 0 Å². The van der Waals surface area contributed by atoms with E-state index in [1.807, 2.05) is 30.5 Å². The lowest BCUT2D eigenvalue weighted by atomic mass is 10.0. The number of benzene rings is 1. The Morgan fingerprint density at radius 1 is 1.14 bits per heavy atom. The summed E-state index contributed by atoms with van der Waals surface area (Å²) in [6, 6.07) is 9.99. The SMILES string of the molecule is COc1ccc(CNCC(C)(C)N2CCOCC2)cc1OCc1cccnc1. The molecule has 0 unspecified atom stereocenters. The molecular weight excluding hydrogens is 354 g/mol. The van der Waals surface area contributed by atoms with Crippen LogP contribution in [0.2, 0.25) is 0 Å². The Balaban J connectivity index is 1.56. The van der Waals surface area contributed by atoms with Gasteiger partial charge in [-0.2, -0.15) is 0 Å². The Hall–Kier alpha value is -2.15. The topological polar surface area (TPSA) is 55.9 Å². The highest BCUT2D eigenvalue weighted by atomic mass is 16.5. The summed E-state index contributed by atoms with van der Waals surface area (Å²) >= 11 is 0. The first-order valence-corrected chi connectivity index (χ1v) is 9.80. The number of nitrogens with one attached hydrogen (secondary N) is 1. The van der Waals surface area contributed by atoms with E-state index in [9.17, 15) is 0 Å². The van der Waals surface area contributed by atoms with E-state index >= 15 is 0 Å². The zero-order chi connectivity index (χ0) is 19.8. The fraction of sp³-hybridized carbons (Fsp3) is 0.500. The number of hydrogen-bond acceptors (Lipinski definition) is 6. The Morgan fingerprint density at radius 2 is 1.96 bits per heavy atom. The number of ether oxygens (including phenoxy) is 3. The van der Waals surface area contributed by atoms with Crippen molar-refractivity contribution in [2.24, 2.45) is 0 Å².